The van der Waals surface area contributed by atoms with Gasteiger partial charge in [0.2, 0.25) is 17.7 Å². The van der Waals surface area contributed by atoms with Crippen molar-refractivity contribution in [2.24, 2.45) is 23.6 Å². The van der Waals surface area contributed by atoms with E-state index >= 15 is 0 Å². The molecule has 230 valence electrons. The Labute approximate surface area is 249 Å². The minimum atomic E-state index is -0.922. The first-order chi connectivity index (χ1) is 19.4. The van der Waals surface area contributed by atoms with Crippen LogP contribution in [0.25, 0.3) is 0 Å². The van der Waals surface area contributed by atoms with Gasteiger partial charge in [0.1, 0.15) is 17.7 Å². The summed E-state index contributed by atoms with van der Waals surface area (Å²) in [5.41, 5.74) is 2.37. The number of benzene rings is 1. The minimum absolute atomic E-state index is 0.0830. The number of rotatable bonds is 17. The molecule has 6 N–H and O–H groups in total. The molecule has 10 nitrogen and oxygen atoms in total. The van der Waals surface area contributed by atoms with Gasteiger partial charge >= 0.3 is 6.09 Å². The molecular formula is C30H49N5O5S. The van der Waals surface area contributed by atoms with Gasteiger partial charge in [0.05, 0.1) is 5.92 Å². The highest BCUT2D eigenvalue weighted by Crippen LogP contribution is 2.35. The van der Waals surface area contributed by atoms with Gasteiger partial charge in [0.25, 0.3) is 0 Å². The Bertz CT molecular complexity index is 987. The largest absolute Gasteiger partial charge is 0.444 e. The molecule has 11 heteroatoms. The molecule has 2 rings (SSSR count). The molecule has 0 radical (unpaired) electrons. The summed E-state index contributed by atoms with van der Waals surface area (Å²) < 4.78 is 5.73. The number of thioether (sulfide) groups is 1. The first-order valence-electron chi connectivity index (χ1n) is 14.5. The van der Waals surface area contributed by atoms with E-state index in [4.69, 9.17) is 10.6 Å². The molecule has 1 aromatic carbocycles. The molecule has 1 saturated carbocycles. The zero-order chi connectivity index (χ0) is 30.4. The zero-order valence-electron chi connectivity index (χ0n) is 25.2. The summed E-state index contributed by atoms with van der Waals surface area (Å²) in [6.45, 7) is 7.78. The van der Waals surface area contributed by atoms with E-state index in [1.807, 2.05) is 64.3 Å². The fourth-order valence-corrected chi connectivity index (χ4v) is 5.46. The summed E-state index contributed by atoms with van der Waals surface area (Å²) in [6.07, 6.45) is 6.72. The molecule has 0 aliphatic heterocycles. The second-order valence-electron chi connectivity index (χ2n) is 12.0. The summed E-state index contributed by atoms with van der Waals surface area (Å²) in [5, 5.41) is 8.41. The van der Waals surface area contributed by atoms with Crippen molar-refractivity contribution in [3.8, 4) is 0 Å². The Balaban J connectivity index is 2.12. The van der Waals surface area contributed by atoms with E-state index in [1.165, 1.54) is 6.42 Å². The summed E-state index contributed by atoms with van der Waals surface area (Å²) in [5.74, 6) is 4.98. The third kappa shape index (κ3) is 12.7. The number of carbonyl (C=O) groups excluding carboxylic acids is 4. The third-order valence-electron chi connectivity index (χ3n) is 7.31. The quantitative estimate of drug-likeness (QED) is 0.106. The third-order valence-corrected chi connectivity index (χ3v) is 7.96. The number of ether oxygens (including phenoxy) is 1. The molecule has 3 atom stereocenters. The second-order valence-corrected chi connectivity index (χ2v) is 12.9. The number of hydrogen-bond acceptors (Lipinski definition) is 7. The van der Waals surface area contributed by atoms with Crippen LogP contribution in [0.4, 0.5) is 4.79 Å². The van der Waals surface area contributed by atoms with Crippen molar-refractivity contribution >= 4 is 35.6 Å². The standard InChI is InChI=1S/C30H49N5O5S/c1-20(2)16-24(34-29(39)40-30(3,4)18-22-12-9-13-22)28(38)33-25(17-21-10-7-6-8-11-21)27(37)32-19-23(14-15-41-5)26(36)35-31/h6-8,10-11,20,22-25H,9,12-19,31H2,1-5H3,(H,32,37)(H,33,38)(H,34,39)(H,35,36)/t23?,24-,25+/m0/s1. The van der Waals surface area contributed by atoms with E-state index in [9.17, 15) is 19.2 Å². The van der Waals surface area contributed by atoms with Crippen LogP contribution in [-0.2, 0) is 25.5 Å². The molecule has 0 bridgehead atoms. The van der Waals surface area contributed by atoms with E-state index < -0.39 is 41.5 Å². The fraction of sp³-hybridized carbons (Fsp3) is 0.667. The zero-order valence-corrected chi connectivity index (χ0v) is 26.0. The van der Waals surface area contributed by atoms with Crippen molar-refractivity contribution in [2.45, 2.75) is 90.3 Å². The lowest BCUT2D eigenvalue weighted by Crippen LogP contribution is -2.56. The highest BCUT2D eigenvalue weighted by molar-refractivity contribution is 7.98. The van der Waals surface area contributed by atoms with E-state index in [2.05, 4.69) is 21.4 Å². The lowest BCUT2D eigenvalue weighted by Gasteiger charge is -2.34. The first-order valence-corrected chi connectivity index (χ1v) is 15.9. The Morgan fingerprint density at radius 2 is 1.71 bits per heavy atom. The number of amides is 4. The minimum Gasteiger partial charge on any atom is -0.444 e. The summed E-state index contributed by atoms with van der Waals surface area (Å²) in [4.78, 5) is 52.0. The van der Waals surface area contributed by atoms with Gasteiger partial charge in [-0.25, -0.2) is 10.6 Å². The van der Waals surface area contributed by atoms with Crippen molar-refractivity contribution in [1.82, 2.24) is 21.4 Å². The number of carbonyl (C=O) groups is 4. The topological polar surface area (TPSA) is 152 Å². The van der Waals surface area contributed by atoms with Gasteiger partial charge in [0.15, 0.2) is 0 Å². The van der Waals surface area contributed by atoms with Crippen molar-refractivity contribution in [2.75, 3.05) is 18.6 Å². The van der Waals surface area contributed by atoms with Crippen LogP contribution in [0.1, 0.15) is 71.8 Å². The number of nitrogens with one attached hydrogen (secondary N) is 4. The SMILES string of the molecule is CSCCC(CNC(=O)[C@@H](Cc1ccccc1)NC(=O)[C@H](CC(C)C)NC(=O)OC(C)(C)CC1CCC1)C(=O)NN. The molecule has 0 spiro atoms. The molecule has 1 aliphatic carbocycles. The maximum Gasteiger partial charge on any atom is 0.408 e. The molecule has 1 aromatic rings. The van der Waals surface area contributed by atoms with Crippen LogP contribution in [0.5, 0.6) is 0 Å². The lowest BCUT2D eigenvalue weighted by molar-refractivity contribution is -0.131. The molecular weight excluding hydrogens is 542 g/mol. The van der Waals surface area contributed by atoms with Crippen LogP contribution in [0.3, 0.4) is 0 Å². The first kappa shape index (κ1) is 34.4. The second kappa shape index (κ2) is 17.2. The Morgan fingerprint density at radius 3 is 2.27 bits per heavy atom. The van der Waals surface area contributed by atoms with Gasteiger partial charge in [-0.3, -0.25) is 19.8 Å². The monoisotopic (exact) mass is 591 g/mol. The van der Waals surface area contributed by atoms with Gasteiger partial charge in [-0.1, -0.05) is 63.4 Å². The van der Waals surface area contributed by atoms with Gasteiger partial charge in [-0.05, 0) is 62.5 Å². The van der Waals surface area contributed by atoms with Crippen LogP contribution >= 0.6 is 11.8 Å². The molecule has 0 aromatic heterocycles. The summed E-state index contributed by atoms with van der Waals surface area (Å²) in [6, 6.07) is 7.54. The van der Waals surface area contributed by atoms with Crippen LogP contribution in [0.15, 0.2) is 30.3 Å². The van der Waals surface area contributed by atoms with E-state index in [-0.39, 0.29) is 24.8 Å². The molecule has 0 heterocycles. The summed E-state index contributed by atoms with van der Waals surface area (Å²) in [7, 11) is 0. The van der Waals surface area contributed by atoms with Gasteiger partial charge in [-0.2, -0.15) is 11.8 Å². The van der Waals surface area contributed by atoms with Crippen LogP contribution in [0.2, 0.25) is 0 Å². The van der Waals surface area contributed by atoms with Crippen molar-refractivity contribution in [3.63, 3.8) is 0 Å². The predicted octanol–water partition coefficient (Wildman–Crippen LogP) is 3.30. The van der Waals surface area contributed by atoms with E-state index in [1.54, 1.807) is 11.8 Å². The summed E-state index contributed by atoms with van der Waals surface area (Å²) >= 11 is 1.60. The van der Waals surface area contributed by atoms with E-state index in [0.717, 1.165) is 30.6 Å². The Morgan fingerprint density at radius 1 is 1.02 bits per heavy atom. The maximum atomic E-state index is 13.5. The average molecular weight is 592 g/mol. The smallest absolute Gasteiger partial charge is 0.408 e. The van der Waals surface area contributed by atoms with Crippen LogP contribution < -0.4 is 27.2 Å². The van der Waals surface area contributed by atoms with Gasteiger partial charge < -0.3 is 20.7 Å². The maximum absolute atomic E-state index is 13.5. The predicted molar refractivity (Wildman–Crippen MR) is 163 cm³/mol. The van der Waals surface area contributed by atoms with Crippen molar-refractivity contribution < 1.29 is 23.9 Å². The van der Waals surface area contributed by atoms with Gasteiger partial charge in [0, 0.05) is 13.0 Å². The number of hydrogen-bond donors (Lipinski definition) is 5. The normalized spacial score (nSPS) is 15.7. The molecule has 41 heavy (non-hydrogen) atoms. The molecule has 1 fully saturated rings. The fourth-order valence-electron chi connectivity index (χ4n) is 4.94. The van der Waals surface area contributed by atoms with Crippen molar-refractivity contribution in [3.05, 3.63) is 35.9 Å². The van der Waals surface area contributed by atoms with E-state index in [0.29, 0.717) is 18.8 Å². The van der Waals surface area contributed by atoms with Crippen LogP contribution in [0, 0.1) is 17.8 Å². The number of hydrazine groups is 1. The van der Waals surface area contributed by atoms with Gasteiger partial charge in [-0.15, -0.1) is 0 Å². The number of nitrogens with two attached hydrogens (primary N) is 1. The molecule has 4 amide bonds. The van der Waals surface area contributed by atoms with Crippen LogP contribution in [-0.4, -0.2) is 60.1 Å². The highest BCUT2D eigenvalue weighted by atomic mass is 32.2. The highest BCUT2D eigenvalue weighted by Gasteiger charge is 2.33. The average Bonchev–Trinajstić information content (AvgIpc) is 2.89. The molecule has 1 aliphatic rings. The number of alkyl carbamates (subject to hydrolysis) is 1. The lowest BCUT2D eigenvalue weighted by atomic mass is 9.78. The molecule has 0 saturated heterocycles. The van der Waals surface area contributed by atoms with Crippen molar-refractivity contribution in [1.29, 1.82) is 0 Å². The Hall–Kier alpha value is -2.79. The molecule has 1 unspecified atom stereocenters. The Kier molecular flexibility index (Phi) is 14.5.